The van der Waals surface area contributed by atoms with Crippen LogP contribution >= 0.6 is 0 Å². The molecule has 0 radical (unpaired) electrons. The number of ether oxygens (including phenoxy) is 2. The molecule has 39 heavy (non-hydrogen) atoms. The van der Waals surface area contributed by atoms with E-state index >= 15 is 0 Å². The number of methoxy groups -OCH3 is 1. The van der Waals surface area contributed by atoms with E-state index in [9.17, 15) is 14.4 Å². The van der Waals surface area contributed by atoms with Crippen molar-refractivity contribution in [1.29, 1.82) is 0 Å². The SMILES string of the molecule is CCCCCCCCCC(=O)NCC(=O)N/N=C\c1c(OC(=O)c2ccc(OC)cc2)ccc2ccccc12. The normalized spacial score (nSPS) is 10.9. The first-order valence-corrected chi connectivity index (χ1v) is 13.5. The van der Waals surface area contributed by atoms with Crippen LogP contribution in [0.4, 0.5) is 0 Å². The molecule has 3 aromatic rings. The van der Waals surface area contributed by atoms with Gasteiger partial charge in [-0.1, -0.05) is 75.8 Å². The fourth-order valence-electron chi connectivity index (χ4n) is 4.10. The number of amides is 2. The van der Waals surface area contributed by atoms with Crippen molar-refractivity contribution in [3.8, 4) is 11.5 Å². The minimum Gasteiger partial charge on any atom is -0.497 e. The Kier molecular flexibility index (Phi) is 12.0. The van der Waals surface area contributed by atoms with Crippen molar-refractivity contribution in [1.82, 2.24) is 10.7 Å². The zero-order valence-corrected chi connectivity index (χ0v) is 22.7. The number of carbonyl (C=O) groups excluding carboxylic acids is 3. The zero-order valence-electron chi connectivity index (χ0n) is 22.7. The van der Waals surface area contributed by atoms with Crippen LogP contribution in [0, 0.1) is 0 Å². The Hall–Kier alpha value is -4.20. The maximum atomic E-state index is 12.8. The van der Waals surface area contributed by atoms with Crippen LogP contribution in [0.3, 0.4) is 0 Å². The second-order valence-electron chi connectivity index (χ2n) is 9.26. The van der Waals surface area contributed by atoms with E-state index in [2.05, 4.69) is 22.8 Å². The number of benzene rings is 3. The number of nitrogens with zero attached hydrogens (tertiary/aromatic N) is 1. The number of rotatable bonds is 15. The molecule has 0 aliphatic carbocycles. The lowest BCUT2D eigenvalue weighted by molar-refractivity contribution is -0.126. The predicted molar refractivity (Wildman–Crippen MR) is 153 cm³/mol. The molecule has 0 atom stereocenters. The van der Waals surface area contributed by atoms with Gasteiger partial charge in [0.25, 0.3) is 5.91 Å². The van der Waals surface area contributed by atoms with Gasteiger partial charge in [-0.05, 0) is 47.5 Å². The quantitative estimate of drug-likeness (QED) is 0.0851. The van der Waals surface area contributed by atoms with Gasteiger partial charge < -0.3 is 14.8 Å². The number of esters is 1. The van der Waals surface area contributed by atoms with Gasteiger partial charge in [0.2, 0.25) is 5.91 Å². The zero-order chi connectivity index (χ0) is 27.9. The summed E-state index contributed by atoms with van der Waals surface area (Å²) in [6, 6.07) is 17.7. The molecular formula is C31H37N3O5. The highest BCUT2D eigenvalue weighted by Gasteiger charge is 2.14. The van der Waals surface area contributed by atoms with E-state index in [0.29, 0.717) is 29.0 Å². The van der Waals surface area contributed by atoms with Crippen LogP contribution in [0.2, 0.25) is 0 Å². The standard InChI is InChI=1S/C31H37N3O5/c1-3-4-5-6-7-8-9-14-29(35)32-22-30(36)34-33-21-27-26-13-11-10-12-23(26)17-20-28(27)39-31(37)24-15-18-25(38-2)19-16-24/h10-13,15-21H,3-9,14,22H2,1-2H3,(H,32,35)(H,34,36)/b33-21-. The number of carbonyl (C=O) groups is 3. The van der Waals surface area contributed by atoms with Crippen molar-refractivity contribution in [2.24, 2.45) is 5.10 Å². The second-order valence-corrected chi connectivity index (χ2v) is 9.26. The molecule has 3 rings (SSSR count). The Morgan fingerprint density at radius 1 is 0.846 bits per heavy atom. The number of hydrogen-bond acceptors (Lipinski definition) is 6. The first-order chi connectivity index (χ1) is 19.0. The molecular weight excluding hydrogens is 494 g/mol. The molecule has 0 aliphatic heterocycles. The minimum atomic E-state index is -0.532. The fourth-order valence-corrected chi connectivity index (χ4v) is 4.10. The van der Waals surface area contributed by atoms with Gasteiger partial charge in [-0.2, -0.15) is 5.10 Å². The third kappa shape index (κ3) is 9.56. The summed E-state index contributed by atoms with van der Waals surface area (Å²) >= 11 is 0. The van der Waals surface area contributed by atoms with E-state index in [1.807, 2.05) is 30.3 Å². The van der Waals surface area contributed by atoms with Crippen LogP contribution < -0.4 is 20.2 Å². The molecule has 0 unspecified atom stereocenters. The molecule has 0 saturated carbocycles. The van der Waals surface area contributed by atoms with Gasteiger partial charge in [0.15, 0.2) is 0 Å². The summed E-state index contributed by atoms with van der Waals surface area (Å²) in [6.07, 6.45) is 9.74. The van der Waals surface area contributed by atoms with Crippen molar-refractivity contribution in [3.05, 3.63) is 71.8 Å². The predicted octanol–water partition coefficient (Wildman–Crippen LogP) is 5.77. The molecule has 0 aliphatic rings. The maximum absolute atomic E-state index is 12.8. The van der Waals surface area contributed by atoms with Crippen LogP contribution in [0.1, 0.15) is 74.2 Å². The first-order valence-electron chi connectivity index (χ1n) is 13.5. The third-order valence-electron chi connectivity index (χ3n) is 6.30. The molecule has 0 heterocycles. The number of hydrazone groups is 1. The van der Waals surface area contributed by atoms with Gasteiger partial charge in [-0.3, -0.25) is 9.59 Å². The molecule has 2 N–H and O–H groups in total. The van der Waals surface area contributed by atoms with Crippen LogP contribution in [0.25, 0.3) is 10.8 Å². The maximum Gasteiger partial charge on any atom is 0.343 e. The summed E-state index contributed by atoms with van der Waals surface area (Å²) in [6.45, 7) is 2.02. The van der Waals surface area contributed by atoms with E-state index in [1.54, 1.807) is 37.4 Å². The monoisotopic (exact) mass is 531 g/mol. The Morgan fingerprint density at radius 2 is 1.56 bits per heavy atom. The van der Waals surface area contributed by atoms with E-state index in [0.717, 1.165) is 30.0 Å². The average molecular weight is 532 g/mol. The molecule has 3 aromatic carbocycles. The van der Waals surface area contributed by atoms with Gasteiger partial charge >= 0.3 is 5.97 Å². The molecule has 0 aromatic heterocycles. The van der Waals surface area contributed by atoms with Crippen LogP contribution in [-0.2, 0) is 9.59 Å². The number of unbranched alkanes of at least 4 members (excludes halogenated alkanes) is 6. The van der Waals surface area contributed by atoms with E-state index < -0.39 is 11.9 Å². The van der Waals surface area contributed by atoms with E-state index in [4.69, 9.17) is 9.47 Å². The highest BCUT2D eigenvalue weighted by atomic mass is 16.5. The van der Waals surface area contributed by atoms with E-state index in [-0.39, 0.29) is 12.5 Å². The molecule has 8 heteroatoms. The molecule has 8 nitrogen and oxygen atoms in total. The minimum absolute atomic E-state index is 0.149. The largest absolute Gasteiger partial charge is 0.497 e. The fraction of sp³-hybridized carbons (Fsp3) is 0.355. The molecule has 0 saturated heterocycles. The van der Waals surface area contributed by atoms with Crippen molar-refractivity contribution in [2.45, 2.75) is 58.3 Å². The summed E-state index contributed by atoms with van der Waals surface area (Å²) in [7, 11) is 1.55. The summed E-state index contributed by atoms with van der Waals surface area (Å²) < 4.78 is 10.8. The van der Waals surface area contributed by atoms with Crippen LogP contribution in [0.5, 0.6) is 11.5 Å². The number of nitrogens with one attached hydrogen (secondary N) is 2. The van der Waals surface area contributed by atoms with Crippen LogP contribution in [-0.4, -0.2) is 37.7 Å². The number of hydrogen-bond donors (Lipinski definition) is 2. The van der Waals surface area contributed by atoms with Crippen molar-refractivity contribution in [2.75, 3.05) is 13.7 Å². The van der Waals surface area contributed by atoms with Gasteiger partial charge in [0.05, 0.1) is 25.4 Å². The van der Waals surface area contributed by atoms with Gasteiger partial charge in [-0.25, -0.2) is 10.2 Å². The Balaban J connectivity index is 1.56. The lowest BCUT2D eigenvalue weighted by Crippen LogP contribution is -2.34. The Morgan fingerprint density at radius 3 is 2.31 bits per heavy atom. The molecule has 206 valence electrons. The molecule has 0 bridgehead atoms. The summed E-state index contributed by atoms with van der Waals surface area (Å²) in [4.78, 5) is 37.1. The lowest BCUT2D eigenvalue weighted by Gasteiger charge is -2.11. The lowest BCUT2D eigenvalue weighted by atomic mass is 10.0. The van der Waals surface area contributed by atoms with Gasteiger partial charge in [0, 0.05) is 12.0 Å². The third-order valence-corrected chi connectivity index (χ3v) is 6.30. The molecule has 0 fully saturated rings. The van der Waals surface area contributed by atoms with E-state index in [1.165, 1.54) is 31.9 Å². The Bertz CT molecular complexity index is 1270. The Labute approximate surface area is 229 Å². The molecule has 0 spiro atoms. The first kappa shape index (κ1) is 29.4. The van der Waals surface area contributed by atoms with Gasteiger partial charge in [-0.15, -0.1) is 0 Å². The molecule has 2 amide bonds. The highest BCUT2D eigenvalue weighted by Crippen LogP contribution is 2.27. The summed E-state index contributed by atoms with van der Waals surface area (Å²) in [5.41, 5.74) is 3.34. The topological polar surface area (TPSA) is 106 Å². The highest BCUT2D eigenvalue weighted by molar-refractivity contribution is 6.04. The van der Waals surface area contributed by atoms with Crippen LogP contribution in [0.15, 0.2) is 65.8 Å². The second kappa shape index (κ2) is 15.9. The van der Waals surface area contributed by atoms with Crippen molar-refractivity contribution in [3.63, 3.8) is 0 Å². The summed E-state index contributed by atoms with van der Waals surface area (Å²) in [5, 5.41) is 8.42. The number of fused-ring (bicyclic) bond motifs is 1. The van der Waals surface area contributed by atoms with Crippen molar-refractivity contribution >= 4 is 34.8 Å². The van der Waals surface area contributed by atoms with Gasteiger partial charge in [0.1, 0.15) is 11.5 Å². The average Bonchev–Trinajstić information content (AvgIpc) is 2.96. The summed E-state index contributed by atoms with van der Waals surface area (Å²) in [5.74, 6) is -0.193. The van der Waals surface area contributed by atoms with Crippen molar-refractivity contribution < 1.29 is 23.9 Å². The smallest absolute Gasteiger partial charge is 0.343 e.